The molecule has 1 aliphatic heterocycles. The molecule has 0 radical (unpaired) electrons. The second-order valence-corrected chi connectivity index (χ2v) is 5.70. The molecule has 0 amide bonds. The average Bonchev–Trinajstić information content (AvgIpc) is 2.50. The average molecular weight is 360 g/mol. The molecule has 3 N–H and O–H groups in total. The Hall–Kier alpha value is -1.34. The maximum atomic E-state index is 14.5. The first-order chi connectivity index (χ1) is 10.1. The van der Waals surface area contributed by atoms with E-state index >= 15 is 0 Å². The Bertz CT molecular complexity index is 537. The maximum absolute atomic E-state index is 14.5. The first-order valence-corrected chi connectivity index (χ1v) is 7.70. The number of rotatable bonds is 4. The van der Waals surface area contributed by atoms with Gasteiger partial charge in [0.15, 0.2) is 11.7 Å². The molecule has 5 nitrogen and oxygen atoms in total. The standard InChI is InChI=1S/C14H19BrFN3O2/c1-2-21-9-4-3-7-19(8-9)11-6-5-10(14(17)18-20)12(15)13(11)16/h5-6,9,20H,2-4,7-8H2,1H3,(H2,17,18). The zero-order chi connectivity index (χ0) is 15.4. The highest BCUT2D eigenvalue weighted by Crippen LogP contribution is 2.31. The minimum Gasteiger partial charge on any atom is -0.409 e. The molecular weight excluding hydrogens is 341 g/mol. The van der Waals surface area contributed by atoms with E-state index in [1.165, 1.54) is 0 Å². The summed E-state index contributed by atoms with van der Waals surface area (Å²) in [6.45, 7) is 4.07. The van der Waals surface area contributed by atoms with E-state index in [1.54, 1.807) is 12.1 Å². The molecule has 1 aromatic rings. The monoisotopic (exact) mass is 359 g/mol. The van der Waals surface area contributed by atoms with Crippen LogP contribution in [0.5, 0.6) is 0 Å². The summed E-state index contributed by atoms with van der Waals surface area (Å²) in [6.07, 6.45) is 2.09. The smallest absolute Gasteiger partial charge is 0.171 e. The third kappa shape index (κ3) is 3.47. The maximum Gasteiger partial charge on any atom is 0.171 e. The van der Waals surface area contributed by atoms with Gasteiger partial charge in [0, 0.05) is 25.3 Å². The van der Waals surface area contributed by atoms with Gasteiger partial charge in [-0.15, -0.1) is 0 Å². The lowest BCUT2D eigenvalue weighted by molar-refractivity contribution is 0.0525. The van der Waals surface area contributed by atoms with E-state index in [1.807, 2.05) is 11.8 Å². The second-order valence-electron chi connectivity index (χ2n) is 4.91. The van der Waals surface area contributed by atoms with Crippen LogP contribution in [0.1, 0.15) is 25.3 Å². The van der Waals surface area contributed by atoms with Crippen LogP contribution in [0, 0.1) is 5.82 Å². The summed E-state index contributed by atoms with van der Waals surface area (Å²) in [6, 6.07) is 3.30. The van der Waals surface area contributed by atoms with Crippen molar-refractivity contribution in [1.29, 1.82) is 0 Å². The number of oxime groups is 1. The second kappa shape index (κ2) is 7.09. The predicted octanol–water partition coefficient (Wildman–Crippen LogP) is 2.69. The van der Waals surface area contributed by atoms with Crippen LogP contribution in [-0.4, -0.2) is 36.8 Å². The van der Waals surface area contributed by atoms with E-state index in [2.05, 4.69) is 21.1 Å². The molecule has 7 heteroatoms. The first-order valence-electron chi connectivity index (χ1n) is 6.90. The van der Waals surface area contributed by atoms with Crippen LogP contribution >= 0.6 is 15.9 Å². The summed E-state index contributed by atoms with van der Waals surface area (Å²) in [7, 11) is 0. The lowest BCUT2D eigenvalue weighted by Crippen LogP contribution is -2.40. The Balaban J connectivity index is 2.26. The molecule has 1 saturated heterocycles. The molecular formula is C14H19BrFN3O2. The van der Waals surface area contributed by atoms with Crippen LogP contribution in [0.2, 0.25) is 0 Å². The summed E-state index contributed by atoms with van der Waals surface area (Å²) >= 11 is 3.18. The normalized spacial score (nSPS) is 19.9. The topological polar surface area (TPSA) is 71.1 Å². The van der Waals surface area contributed by atoms with Gasteiger partial charge in [0.25, 0.3) is 0 Å². The van der Waals surface area contributed by atoms with Crippen LogP contribution in [-0.2, 0) is 4.74 Å². The van der Waals surface area contributed by atoms with Gasteiger partial charge in [0.2, 0.25) is 0 Å². The van der Waals surface area contributed by atoms with Crippen molar-refractivity contribution in [3.8, 4) is 0 Å². The van der Waals surface area contributed by atoms with E-state index in [0.29, 0.717) is 24.4 Å². The summed E-state index contributed by atoms with van der Waals surface area (Å²) in [5.41, 5.74) is 6.36. The number of halogens is 2. The molecule has 0 spiro atoms. The Labute approximate surface area is 131 Å². The van der Waals surface area contributed by atoms with Crippen molar-refractivity contribution in [2.75, 3.05) is 24.6 Å². The molecule has 1 fully saturated rings. The van der Waals surface area contributed by atoms with Gasteiger partial charge in [-0.25, -0.2) is 4.39 Å². The highest BCUT2D eigenvalue weighted by molar-refractivity contribution is 9.10. The largest absolute Gasteiger partial charge is 0.409 e. The summed E-state index contributed by atoms with van der Waals surface area (Å²) in [5.74, 6) is -0.533. The minimum absolute atomic E-state index is 0.127. The molecule has 1 heterocycles. The summed E-state index contributed by atoms with van der Waals surface area (Å²) in [4.78, 5) is 1.97. The van der Waals surface area contributed by atoms with Crippen molar-refractivity contribution in [3.63, 3.8) is 0 Å². The summed E-state index contributed by atoms with van der Waals surface area (Å²) < 4.78 is 20.4. The van der Waals surface area contributed by atoms with Crippen molar-refractivity contribution in [1.82, 2.24) is 0 Å². The number of anilines is 1. The van der Waals surface area contributed by atoms with Crippen LogP contribution in [0.3, 0.4) is 0 Å². The fourth-order valence-corrected chi connectivity index (χ4v) is 3.10. The van der Waals surface area contributed by atoms with Crippen LogP contribution in [0.15, 0.2) is 21.8 Å². The quantitative estimate of drug-likeness (QED) is 0.375. The molecule has 0 saturated carbocycles. The van der Waals surface area contributed by atoms with Gasteiger partial charge in [-0.2, -0.15) is 0 Å². The van der Waals surface area contributed by atoms with Crippen LogP contribution < -0.4 is 10.6 Å². The van der Waals surface area contributed by atoms with Crippen molar-refractivity contribution in [2.24, 2.45) is 10.9 Å². The fourth-order valence-electron chi connectivity index (χ4n) is 2.56. The molecule has 1 aromatic carbocycles. The van der Waals surface area contributed by atoms with Gasteiger partial charge in [-0.1, -0.05) is 5.16 Å². The Morgan fingerprint density at radius 2 is 2.38 bits per heavy atom. The van der Waals surface area contributed by atoms with Gasteiger partial charge < -0.3 is 20.6 Å². The van der Waals surface area contributed by atoms with Gasteiger partial charge in [0.05, 0.1) is 16.3 Å². The molecule has 0 aliphatic carbocycles. The number of benzene rings is 1. The third-order valence-electron chi connectivity index (χ3n) is 3.57. The van der Waals surface area contributed by atoms with E-state index in [9.17, 15) is 4.39 Å². The van der Waals surface area contributed by atoms with E-state index in [0.717, 1.165) is 19.4 Å². The number of nitrogens with zero attached hydrogens (tertiary/aromatic N) is 2. The number of hydrogen-bond donors (Lipinski definition) is 2. The zero-order valence-corrected chi connectivity index (χ0v) is 13.4. The van der Waals surface area contributed by atoms with Gasteiger partial charge in [-0.3, -0.25) is 0 Å². The molecule has 21 heavy (non-hydrogen) atoms. The van der Waals surface area contributed by atoms with Crippen molar-refractivity contribution >= 4 is 27.5 Å². The van der Waals surface area contributed by atoms with Gasteiger partial charge >= 0.3 is 0 Å². The Morgan fingerprint density at radius 3 is 3.05 bits per heavy atom. The zero-order valence-electron chi connectivity index (χ0n) is 11.9. The van der Waals surface area contributed by atoms with Gasteiger partial charge in [-0.05, 0) is 47.8 Å². The lowest BCUT2D eigenvalue weighted by atomic mass is 10.1. The first kappa shape index (κ1) is 16.0. The van der Waals surface area contributed by atoms with Crippen molar-refractivity contribution < 1.29 is 14.3 Å². The van der Waals surface area contributed by atoms with Crippen molar-refractivity contribution in [3.05, 3.63) is 28.0 Å². The van der Waals surface area contributed by atoms with Crippen LogP contribution in [0.4, 0.5) is 10.1 Å². The Kier molecular flexibility index (Phi) is 5.41. The fraction of sp³-hybridized carbons (Fsp3) is 0.500. The van der Waals surface area contributed by atoms with E-state index in [4.69, 9.17) is 15.7 Å². The molecule has 1 unspecified atom stereocenters. The van der Waals surface area contributed by atoms with Crippen molar-refractivity contribution in [2.45, 2.75) is 25.9 Å². The SMILES string of the molecule is CCOC1CCCN(c2ccc(/C(N)=N/O)c(Br)c2F)C1. The number of amidine groups is 1. The van der Waals surface area contributed by atoms with E-state index in [-0.39, 0.29) is 16.4 Å². The number of hydrogen-bond acceptors (Lipinski definition) is 4. The highest BCUT2D eigenvalue weighted by atomic mass is 79.9. The third-order valence-corrected chi connectivity index (χ3v) is 4.34. The number of ether oxygens (including phenoxy) is 1. The highest BCUT2D eigenvalue weighted by Gasteiger charge is 2.24. The Morgan fingerprint density at radius 1 is 1.62 bits per heavy atom. The van der Waals surface area contributed by atoms with Gasteiger partial charge in [0.1, 0.15) is 0 Å². The molecule has 116 valence electrons. The number of piperidine rings is 1. The van der Waals surface area contributed by atoms with Crippen LogP contribution in [0.25, 0.3) is 0 Å². The number of nitrogens with two attached hydrogens (primary N) is 1. The van der Waals surface area contributed by atoms with E-state index < -0.39 is 5.82 Å². The summed E-state index contributed by atoms with van der Waals surface area (Å²) in [5, 5.41) is 11.6. The molecule has 0 bridgehead atoms. The molecule has 0 aromatic heterocycles. The minimum atomic E-state index is -0.406. The molecule has 2 rings (SSSR count). The predicted molar refractivity (Wildman–Crippen MR) is 83.5 cm³/mol. The molecule has 1 aliphatic rings. The lowest BCUT2D eigenvalue weighted by Gasteiger charge is -2.34. The molecule has 1 atom stereocenters.